The first-order chi connectivity index (χ1) is 12.5. The van der Waals surface area contributed by atoms with Crippen molar-refractivity contribution >= 4 is 17.6 Å². The highest BCUT2D eigenvalue weighted by atomic mass is 16.2. The van der Waals surface area contributed by atoms with E-state index in [4.69, 9.17) is 0 Å². The molecule has 4 rings (SSSR count). The highest BCUT2D eigenvalue weighted by Gasteiger charge is 2.43. The molecule has 2 aliphatic rings. The summed E-state index contributed by atoms with van der Waals surface area (Å²) in [5.74, 6) is -0.130. The van der Waals surface area contributed by atoms with Gasteiger partial charge in [-0.05, 0) is 43.5 Å². The van der Waals surface area contributed by atoms with Crippen LogP contribution in [0.5, 0.6) is 0 Å². The highest BCUT2D eigenvalue weighted by molar-refractivity contribution is 6.14. The number of hydrogen-bond donors (Lipinski definition) is 0. The molecule has 0 spiro atoms. The number of aryl methyl sites for hydroxylation is 1. The van der Waals surface area contributed by atoms with Crippen LogP contribution in [0.15, 0.2) is 48.5 Å². The normalized spacial score (nSPS) is 20.6. The molecule has 0 unspecified atom stereocenters. The standard InChI is InChI=1S/C21H23N3O2/c1-15-7-9-19(10-8-15)24-16(2)20(25)23(21(24)26)14-22-12-11-17-5-3-4-6-18(17)13-22/h3-10,16H,11-14H2,1-2H3/t16-/m0/s1. The number of imide groups is 1. The molecule has 5 heteroatoms. The maximum absolute atomic E-state index is 12.9. The van der Waals surface area contributed by atoms with E-state index in [1.807, 2.05) is 37.3 Å². The Kier molecular flexibility index (Phi) is 4.24. The van der Waals surface area contributed by atoms with E-state index in [1.165, 1.54) is 16.0 Å². The molecule has 1 saturated heterocycles. The Balaban J connectivity index is 1.52. The summed E-state index contributed by atoms with van der Waals surface area (Å²) in [4.78, 5) is 30.8. The molecule has 134 valence electrons. The molecule has 0 radical (unpaired) electrons. The summed E-state index contributed by atoms with van der Waals surface area (Å²) in [5.41, 5.74) is 4.54. The fourth-order valence-corrected chi connectivity index (χ4v) is 3.77. The Morgan fingerprint density at radius 2 is 1.69 bits per heavy atom. The second kappa shape index (κ2) is 6.57. The van der Waals surface area contributed by atoms with Gasteiger partial charge in [-0.25, -0.2) is 9.69 Å². The average molecular weight is 349 g/mol. The van der Waals surface area contributed by atoms with Crippen LogP contribution in [0, 0.1) is 6.92 Å². The van der Waals surface area contributed by atoms with Crippen molar-refractivity contribution in [3.05, 3.63) is 65.2 Å². The summed E-state index contributed by atoms with van der Waals surface area (Å²) in [6.07, 6.45) is 0.948. The van der Waals surface area contributed by atoms with Crippen molar-refractivity contribution in [2.45, 2.75) is 32.9 Å². The Labute approximate surface area is 153 Å². The topological polar surface area (TPSA) is 43.9 Å². The van der Waals surface area contributed by atoms with E-state index in [0.29, 0.717) is 6.67 Å². The summed E-state index contributed by atoms with van der Waals surface area (Å²) >= 11 is 0. The Hall–Kier alpha value is -2.66. The Morgan fingerprint density at radius 1 is 1.00 bits per heavy atom. The molecule has 1 fully saturated rings. The van der Waals surface area contributed by atoms with E-state index >= 15 is 0 Å². The maximum Gasteiger partial charge on any atom is 0.333 e. The molecule has 1 atom stereocenters. The van der Waals surface area contributed by atoms with E-state index in [0.717, 1.165) is 30.8 Å². The Morgan fingerprint density at radius 3 is 2.42 bits per heavy atom. The van der Waals surface area contributed by atoms with Gasteiger partial charge < -0.3 is 0 Å². The number of anilines is 1. The van der Waals surface area contributed by atoms with E-state index in [2.05, 4.69) is 23.1 Å². The van der Waals surface area contributed by atoms with Crippen LogP contribution in [0.3, 0.4) is 0 Å². The van der Waals surface area contributed by atoms with Crippen molar-refractivity contribution in [2.24, 2.45) is 0 Å². The zero-order chi connectivity index (χ0) is 18.3. The largest absolute Gasteiger partial charge is 0.333 e. The van der Waals surface area contributed by atoms with E-state index in [-0.39, 0.29) is 11.9 Å². The smallest absolute Gasteiger partial charge is 0.282 e. The summed E-state index contributed by atoms with van der Waals surface area (Å²) in [6.45, 7) is 5.77. The van der Waals surface area contributed by atoms with Gasteiger partial charge in [0.1, 0.15) is 6.04 Å². The van der Waals surface area contributed by atoms with E-state index in [9.17, 15) is 9.59 Å². The zero-order valence-corrected chi connectivity index (χ0v) is 15.2. The number of urea groups is 1. The number of nitrogens with zero attached hydrogens (tertiary/aromatic N) is 3. The summed E-state index contributed by atoms with van der Waals surface area (Å²) in [6, 6.07) is 15.4. The molecule has 2 heterocycles. The van der Waals surface area contributed by atoms with E-state index < -0.39 is 6.04 Å². The first kappa shape index (κ1) is 16.8. The van der Waals surface area contributed by atoms with Gasteiger partial charge in [0.2, 0.25) is 0 Å². The lowest BCUT2D eigenvalue weighted by Crippen LogP contribution is -2.44. The molecule has 0 N–H and O–H groups in total. The lowest BCUT2D eigenvalue weighted by atomic mass is 10.0. The number of rotatable bonds is 3. The van der Waals surface area contributed by atoms with Crippen molar-refractivity contribution in [3.63, 3.8) is 0 Å². The van der Waals surface area contributed by atoms with Crippen LogP contribution in [-0.4, -0.2) is 41.0 Å². The first-order valence-electron chi connectivity index (χ1n) is 9.05. The van der Waals surface area contributed by atoms with Gasteiger partial charge in [0.25, 0.3) is 5.91 Å². The van der Waals surface area contributed by atoms with Gasteiger partial charge in [0.15, 0.2) is 0 Å². The molecule has 0 aliphatic carbocycles. The second-order valence-electron chi connectivity index (χ2n) is 7.14. The van der Waals surface area contributed by atoms with Crippen molar-refractivity contribution in [1.29, 1.82) is 0 Å². The minimum Gasteiger partial charge on any atom is -0.282 e. The molecule has 2 aliphatic heterocycles. The van der Waals surface area contributed by atoms with Crippen molar-refractivity contribution < 1.29 is 9.59 Å². The lowest BCUT2D eigenvalue weighted by Gasteiger charge is -2.31. The van der Waals surface area contributed by atoms with Gasteiger partial charge in [-0.3, -0.25) is 14.6 Å². The maximum atomic E-state index is 12.9. The van der Waals surface area contributed by atoms with Crippen molar-refractivity contribution in [3.8, 4) is 0 Å². The minimum atomic E-state index is -0.470. The van der Waals surface area contributed by atoms with Gasteiger partial charge in [0.05, 0.1) is 6.67 Å². The van der Waals surface area contributed by atoms with Crippen LogP contribution >= 0.6 is 0 Å². The Bertz CT molecular complexity index is 847. The molecule has 2 aromatic rings. The molecule has 2 aromatic carbocycles. The zero-order valence-electron chi connectivity index (χ0n) is 15.2. The number of carbonyl (C=O) groups excluding carboxylic acids is 2. The molecular formula is C21H23N3O2. The van der Waals surface area contributed by atoms with E-state index in [1.54, 1.807) is 11.8 Å². The van der Waals surface area contributed by atoms with Crippen molar-refractivity contribution in [2.75, 3.05) is 18.1 Å². The lowest BCUT2D eigenvalue weighted by molar-refractivity contribution is -0.128. The first-order valence-corrected chi connectivity index (χ1v) is 9.05. The number of amides is 3. The van der Waals surface area contributed by atoms with Crippen LogP contribution in [0.25, 0.3) is 0 Å². The number of fused-ring (bicyclic) bond motifs is 1. The van der Waals surface area contributed by atoms with Gasteiger partial charge in [-0.2, -0.15) is 0 Å². The number of hydrogen-bond acceptors (Lipinski definition) is 3. The van der Waals surface area contributed by atoms with Crippen LogP contribution in [0.2, 0.25) is 0 Å². The molecule has 0 aromatic heterocycles. The predicted molar refractivity (Wildman–Crippen MR) is 101 cm³/mol. The van der Waals surface area contributed by atoms with Crippen LogP contribution in [-0.2, 0) is 17.8 Å². The van der Waals surface area contributed by atoms with Crippen molar-refractivity contribution in [1.82, 2.24) is 9.80 Å². The number of benzene rings is 2. The second-order valence-corrected chi connectivity index (χ2v) is 7.14. The summed E-state index contributed by atoms with van der Waals surface area (Å²) < 4.78 is 0. The summed E-state index contributed by atoms with van der Waals surface area (Å²) in [5, 5.41) is 0. The SMILES string of the molecule is Cc1ccc(N2C(=O)N(CN3CCc4ccccc4C3)C(=O)[C@@H]2C)cc1. The van der Waals surface area contributed by atoms with Crippen LogP contribution < -0.4 is 4.90 Å². The summed E-state index contributed by atoms with van der Waals surface area (Å²) in [7, 11) is 0. The fourth-order valence-electron chi connectivity index (χ4n) is 3.77. The molecule has 0 saturated carbocycles. The molecule has 3 amide bonds. The van der Waals surface area contributed by atoms with Crippen LogP contribution in [0.1, 0.15) is 23.6 Å². The third-order valence-electron chi connectivity index (χ3n) is 5.31. The molecule has 5 nitrogen and oxygen atoms in total. The monoisotopic (exact) mass is 349 g/mol. The van der Waals surface area contributed by atoms with Gasteiger partial charge in [0, 0.05) is 18.8 Å². The molecular weight excluding hydrogens is 326 g/mol. The van der Waals surface area contributed by atoms with Crippen LogP contribution in [0.4, 0.5) is 10.5 Å². The van der Waals surface area contributed by atoms with Gasteiger partial charge >= 0.3 is 6.03 Å². The molecule has 26 heavy (non-hydrogen) atoms. The number of carbonyl (C=O) groups is 2. The fraction of sp³-hybridized carbons (Fsp3) is 0.333. The average Bonchev–Trinajstić information content (AvgIpc) is 2.86. The molecule has 0 bridgehead atoms. The van der Waals surface area contributed by atoms with Gasteiger partial charge in [-0.1, -0.05) is 42.0 Å². The third-order valence-corrected chi connectivity index (χ3v) is 5.31. The van der Waals surface area contributed by atoms with Gasteiger partial charge in [-0.15, -0.1) is 0 Å². The minimum absolute atomic E-state index is 0.130. The quantitative estimate of drug-likeness (QED) is 0.800. The predicted octanol–water partition coefficient (Wildman–Crippen LogP) is 3.17. The third kappa shape index (κ3) is 2.88. The highest BCUT2D eigenvalue weighted by Crippen LogP contribution is 2.27.